The summed E-state index contributed by atoms with van der Waals surface area (Å²) in [5, 5.41) is 10.6. The monoisotopic (exact) mass is 1350 g/mol. The number of hydrogen-bond acceptors (Lipinski definition) is 15. The molecule has 0 spiro atoms. The standard InChI is InChI=1S/C73H142O17P2/c1-7-10-12-14-16-18-24-31-37-43-49-55-70(75)83-61-68(89-72(77)57-51-45-39-32-25-19-17-15-13-11-8-2)63-87-91(79,80)85-59-67(74)60-86-92(81,82)88-64-69(62-84-71(76)56-50-44-38-34-28-29-35-41-47-53-65(4)5)90-73(78)58-52-46-40-33-27-23-21-20-22-26-30-36-42-48-54-66(6)9-3/h65-69,74H,7-64H2,1-6H3,(H,79,80)(H,81,82)/t66?,67-,68+,69+/m0/s1. The number of carbonyl (C=O) groups excluding carboxylic acids is 4. The molecule has 3 N–H and O–H groups in total. The maximum atomic E-state index is 13.1. The molecule has 3 unspecified atom stereocenters. The van der Waals surface area contributed by atoms with Gasteiger partial charge in [0.1, 0.15) is 19.3 Å². The molecule has 0 saturated carbocycles. The highest BCUT2D eigenvalue weighted by atomic mass is 31.2. The van der Waals surface area contributed by atoms with Gasteiger partial charge in [-0.1, -0.05) is 324 Å². The van der Waals surface area contributed by atoms with Crippen molar-refractivity contribution >= 4 is 39.5 Å². The summed E-state index contributed by atoms with van der Waals surface area (Å²) in [6.07, 6.45) is 51.1. The van der Waals surface area contributed by atoms with E-state index in [1.807, 2.05) is 0 Å². The lowest BCUT2D eigenvalue weighted by molar-refractivity contribution is -0.161. The van der Waals surface area contributed by atoms with Crippen LogP contribution in [0.2, 0.25) is 0 Å². The van der Waals surface area contributed by atoms with Gasteiger partial charge in [-0.15, -0.1) is 0 Å². The second kappa shape index (κ2) is 65.0. The van der Waals surface area contributed by atoms with Crippen LogP contribution in [-0.2, 0) is 65.4 Å². The van der Waals surface area contributed by atoms with E-state index in [0.29, 0.717) is 25.7 Å². The zero-order valence-corrected chi connectivity index (χ0v) is 61.6. The molecule has 0 aliphatic carbocycles. The van der Waals surface area contributed by atoms with E-state index in [1.165, 1.54) is 193 Å². The number of carbonyl (C=O) groups is 4. The predicted octanol–water partition coefficient (Wildman–Crippen LogP) is 21.2. The van der Waals surface area contributed by atoms with Gasteiger partial charge in [-0.05, 0) is 37.5 Å². The number of rotatable bonds is 72. The molecule has 0 rings (SSSR count). The highest BCUT2D eigenvalue weighted by Crippen LogP contribution is 2.45. The highest BCUT2D eigenvalue weighted by Gasteiger charge is 2.30. The predicted molar refractivity (Wildman–Crippen MR) is 372 cm³/mol. The number of phosphoric acid groups is 2. The molecule has 0 radical (unpaired) electrons. The molecule has 0 heterocycles. The van der Waals surface area contributed by atoms with Crippen LogP contribution in [0.5, 0.6) is 0 Å². The van der Waals surface area contributed by atoms with Crippen LogP contribution >= 0.6 is 15.6 Å². The average Bonchev–Trinajstić information content (AvgIpc) is 3.57. The fourth-order valence-corrected chi connectivity index (χ4v) is 12.7. The van der Waals surface area contributed by atoms with Gasteiger partial charge >= 0.3 is 39.5 Å². The van der Waals surface area contributed by atoms with Crippen LogP contribution in [0.15, 0.2) is 0 Å². The number of aliphatic hydroxyl groups excluding tert-OH is 1. The maximum Gasteiger partial charge on any atom is 0.472 e. The van der Waals surface area contributed by atoms with Crippen molar-refractivity contribution < 1.29 is 80.2 Å². The Kier molecular flexibility index (Phi) is 63.7. The molecule has 0 aromatic rings. The zero-order valence-electron chi connectivity index (χ0n) is 59.9. The third-order valence-corrected chi connectivity index (χ3v) is 19.2. The van der Waals surface area contributed by atoms with Crippen molar-refractivity contribution in [3.63, 3.8) is 0 Å². The second-order valence-corrected chi connectivity index (χ2v) is 30.0. The lowest BCUT2D eigenvalue weighted by atomic mass is 9.99. The number of esters is 4. The van der Waals surface area contributed by atoms with E-state index in [2.05, 4.69) is 41.5 Å². The minimum atomic E-state index is -4.95. The maximum absolute atomic E-state index is 13.1. The van der Waals surface area contributed by atoms with Crippen molar-refractivity contribution in [2.45, 2.75) is 394 Å². The molecule has 17 nitrogen and oxygen atoms in total. The van der Waals surface area contributed by atoms with E-state index in [0.717, 1.165) is 102 Å². The van der Waals surface area contributed by atoms with Crippen LogP contribution < -0.4 is 0 Å². The third kappa shape index (κ3) is 65.4. The van der Waals surface area contributed by atoms with E-state index >= 15 is 0 Å². The minimum absolute atomic E-state index is 0.107. The first kappa shape index (κ1) is 90.1. The molecule has 0 aliphatic heterocycles. The van der Waals surface area contributed by atoms with E-state index in [9.17, 15) is 43.2 Å². The fraction of sp³-hybridized carbons (Fsp3) is 0.945. The van der Waals surface area contributed by atoms with E-state index in [1.54, 1.807) is 0 Å². The summed E-state index contributed by atoms with van der Waals surface area (Å²) >= 11 is 0. The molecule has 0 amide bonds. The molecule has 546 valence electrons. The highest BCUT2D eigenvalue weighted by molar-refractivity contribution is 7.47. The van der Waals surface area contributed by atoms with Gasteiger partial charge in [0.15, 0.2) is 12.2 Å². The van der Waals surface area contributed by atoms with Gasteiger partial charge < -0.3 is 33.8 Å². The quantitative estimate of drug-likeness (QED) is 0.0222. The molecule has 0 aliphatic rings. The molecular weight excluding hydrogens is 1210 g/mol. The lowest BCUT2D eigenvalue weighted by Crippen LogP contribution is -2.30. The number of unbranched alkanes of at least 4 members (excludes halogenated alkanes) is 41. The normalized spacial score (nSPS) is 14.4. The Hall–Kier alpha value is -1.94. The van der Waals surface area contributed by atoms with Crippen LogP contribution in [0.3, 0.4) is 0 Å². The summed E-state index contributed by atoms with van der Waals surface area (Å²) in [7, 11) is -9.90. The van der Waals surface area contributed by atoms with Crippen LogP contribution in [-0.4, -0.2) is 96.7 Å². The average molecular weight is 1350 g/mol. The first-order valence-electron chi connectivity index (χ1n) is 38.0. The van der Waals surface area contributed by atoms with Gasteiger partial charge in [-0.3, -0.25) is 37.3 Å². The van der Waals surface area contributed by atoms with Gasteiger partial charge in [-0.2, -0.15) is 0 Å². The van der Waals surface area contributed by atoms with Gasteiger partial charge in [0.05, 0.1) is 26.4 Å². The molecular formula is C73H142O17P2. The smallest absolute Gasteiger partial charge is 0.462 e. The van der Waals surface area contributed by atoms with Gasteiger partial charge in [0, 0.05) is 25.7 Å². The Morgan fingerprint density at radius 3 is 0.826 bits per heavy atom. The summed E-state index contributed by atoms with van der Waals surface area (Å²) in [5.41, 5.74) is 0. The van der Waals surface area contributed by atoms with E-state index < -0.39 is 97.5 Å². The van der Waals surface area contributed by atoms with Crippen molar-refractivity contribution in [1.29, 1.82) is 0 Å². The molecule has 0 bridgehead atoms. The number of aliphatic hydroxyl groups is 1. The minimum Gasteiger partial charge on any atom is -0.462 e. The molecule has 0 fully saturated rings. The fourth-order valence-electron chi connectivity index (χ4n) is 11.1. The Morgan fingerprint density at radius 2 is 0.554 bits per heavy atom. The van der Waals surface area contributed by atoms with Crippen LogP contribution in [0.25, 0.3) is 0 Å². The van der Waals surface area contributed by atoms with Gasteiger partial charge in [0.25, 0.3) is 0 Å². The number of phosphoric ester groups is 2. The molecule has 19 heteroatoms. The summed E-state index contributed by atoms with van der Waals surface area (Å²) in [5.74, 6) is -0.529. The molecule has 0 aromatic heterocycles. The first-order chi connectivity index (χ1) is 44.4. The second-order valence-electron chi connectivity index (χ2n) is 27.1. The van der Waals surface area contributed by atoms with Crippen molar-refractivity contribution in [2.24, 2.45) is 11.8 Å². The summed E-state index contributed by atoms with van der Waals surface area (Å²) in [6.45, 7) is 9.60. The number of ether oxygens (including phenoxy) is 4. The van der Waals surface area contributed by atoms with Gasteiger partial charge in [0.2, 0.25) is 0 Å². The van der Waals surface area contributed by atoms with Crippen LogP contribution in [0, 0.1) is 11.8 Å². The number of hydrogen-bond donors (Lipinski definition) is 3. The Morgan fingerprint density at radius 1 is 0.315 bits per heavy atom. The third-order valence-electron chi connectivity index (χ3n) is 17.3. The molecule has 92 heavy (non-hydrogen) atoms. The summed E-state index contributed by atoms with van der Waals surface area (Å²) in [6, 6.07) is 0. The van der Waals surface area contributed by atoms with Crippen molar-refractivity contribution in [2.75, 3.05) is 39.6 Å². The van der Waals surface area contributed by atoms with Crippen molar-refractivity contribution in [1.82, 2.24) is 0 Å². The van der Waals surface area contributed by atoms with Crippen molar-refractivity contribution in [3.8, 4) is 0 Å². The topological polar surface area (TPSA) is 237 Å². The molecule has 0 saturated heterocycles. The lowest BCUT2D eigenvalue weighted by Gasteiger charge is -2.21. The Labute approximate surface area is 562 Å². The Balaban J connectivity index is 5.23. The van der Waals surface area contributed by atoms with Crippen LogP contribution in [0.4, 0.5) is 0 Å². The molecule has 0 aromatic carbocycles. The van der Waals surface area contributed by atoms with E-state index in [4.69, 9.17) is 37.0 Å². The molecule has 6 atom stereocenters. The SMILES string of the molecule is CCCCCCCCCCCCCC(=O)OC[C@H](COP(=O)(O)OC[C@H](O)COP(=O)(O)OC[C@@H](COC(=O)CCCCCCCCCCCC(C)C)OC(=O)CCCCCCCCCCCCCCCCC(C)CC)OC(=O)CCCCCCCCCCCCC. The van der Waals surface area contributed by atoms with E-state index in [-0.39, 0.29) is 25.7 Å². The summed E-state index contributed by atoms with van der Waals surface area (Å²) < 4.78 is 68.4. The van der Waals surface area contributed by atoms with Crippen molar-refractivity contribution in [3.05, 3.63) is 0 Å². The Bertz CT molecular complexity index is 1790. The summed E-state index contributed by atoms with van der Waals surface area (Å²) in [4.78, 5) is 72.6. The van der Waals surface area contributed by atoms with Crippen LogP contribution in [0.1, 0.15) is 375 Å². The largest absolute Gasteiger partial charge is 0.472 e. The van der Waals surface area contributed by atoms with Gasteiger partial charge in [-0.25, -0.2) is 9.13 Å². The first-order valence-corrected chi connectivity index (χ1v) is 41.0. The zero-order chi connectivity index (χ0) is 67.9.